The second-order valence-corrected chi connectivity index (χ2v) is 3.67. The lowest BCUT2D eigenvalue weighted by Crippen LogP contribution is -2.18. The number of benzene rings is 1. The number of aliphatic hydroxyl groups excluding tert-OH is 1. The lowest BCUT2D eigenvalue weighted by atomic mass is 9.89. The number of hydrogen-bond donors (Lipinski definition) is 1. The van der Waals surface area contributed by atoms with Gasteiger partial charge in [0.15, 0.2) is 0 Å². The zero-order valence-corrected chi connectivity index (χ0v) is 7.38. The molecule has 1 heteroatoms. The lowest BCUT2D eigenvalue weighted by Gasteiger charge is -2.20. The van der Waals surface area contributed by atoms with Crippen molar-refractivity contribution in [1.82, 2.24) is 0 Å². The third-order valence-electron chi connectivity index (χ3n) is 2.56. The first kappa shape index (κ1) is 7.81. The highest BCUT2D eigenvalue weighted by molar-refractivity contribution is 5.33. The van der Waals surface area contributed by atoms with Gasteiger partial charge in [0.1, 0.15) is 0 Å². The maximum Gasteiger partial charge on any atom is 0.0583 e. The van der Waals surface area contributed by atoms with Crippen molar-refractivity contribution in [2.75, 3.05) is 0 Å². The summed E-state index contributed by atoms with van der Waals surface area (Å²) in [6, 6.07) is 6.53. The van der Waals surface area contributed by atoms with E-state index >= 15 is 0 Å². The van der Waals surface area contributed by atoms with Crippen LogP contribution in [0.2, 0.25) is 0 Å². The van der Waals surface area contributed by atoms with Crippen LogP contribution in [-0.2, 0) is 12.8 Å². The summed E-state index contributed by atoms with van der Waals surface area (Å²) in [6.07, 6.45) is 2.70. The number of fused-ring (bicyclic) bond motifs is 1. The Morgan fingerprint density at radius 2 is 2.17 bits per heavy atom. The van der Waals surface area contributed by atoms with E-state index in [-0.39, 0.29) is 6.10 Å². The summed E-state index contributed by atoms with van der Waals surface area (Å²) in [7, 11) is 0. The van der Waals surface area contributed by atoms with Crippen LogP contribution in [0, 0.1) is 6.92 Å². The van der Waals surface area contributed by atoms with Crippen LogP contribution in [-0.4, -0.2) is 11.2 Å². The SMILES string of the molecule is Cc1ccc2c(c1)C[C@@H](O)CC2. The van der Waals surface area contributed by atoms with Crippen molar-refractivity contribution in [3.63, 3.8) is 0 Å². The van der Waals surface area contributed by atoms with Crippen LogP contribution in [0.15, 0.2) is 18.2 Å². The summed E-state index contributed by atoms with van der Waals surface area (Å²) in [4.78, 5) is 0. The normalized spacial score (nSPS) is 22.0. The first-order valence-electron chi connectivity index (χ1n) is 4.52. The molecule has 64 valence electrons. The Balaban J connectivity index is 2.37. The van der Waals surface area contributed by atoms with E-state index in [0.717, 1.165) is 19.3 Å². The molecule has 1 nitrogen and oxygen atoms in total. The average Bonchev–Trinajstić information content (AvgIpc) is 2.03. The second kappa shape index (κ2) is 2.91. The molecule has 0 saturated heterocycles. The predicted octanol–water partition coefficient (Wildman–Crippen LogP) is 1.84. The van der Waals surface area contributed by atoms with Gasteiger partial charge in [-0.05, 0) is 37.3 Å². The minimum Gasteiger partial charge on any atom is -0.393 e. The van der Waals surface area contributed by atoms with Crippen molar-refractivity contribution in [2.24, 2.45) is 0 Å². The van der Waals surface area contributed by atoms with Gasteiger partial charge < -0.3 is 5.11 Å². The molecule has 0 saturated carbocycles. The van der Waals surface area contributed by atoms with Gasteiger partial charge >= 0.3 is 0 Å². The van der Waals surface area contributed by atoms with E-state index in [9.17, 15) is 5.11 Å². The van der Waals surface area contributed by atoms with E-state index in [2.05, 4.69) is 25.1 Å². The van der Waals surface area contributed by atoms with Gasteiger partial charge in [-0.2, -0.15) is 0 Å². The van der Waals surface area contributed by atoms with Crippen LogP contribution in [0.4, 0.5) is 0 Å². The van der Waals surface area contributed by atoms with Crippen LogP contribution >= 0.6 is 0 Å². The standard InChI is InChI=1S/C11H14O/c1-8-2-3-9-4-5-11(12)7-10(9)6-8/h2-3,6,11-12H,4-5,7H2,1H3/t11-/m0/s1. The number of hydrogen-bond acceptors (Lipinski definition) is 1. The van der Waals surface area contributed by atoms with Gasteiger partial charge in [-0.3, -0.25) is 0 Å². The van der Waals surface area contributed by atoms with Crippen LogP contribution in [0.3, 0.4) is 0 Å². The summed E-state index contributed by atoms with van der Waals surface area (Å²) in [5.74, 6) is 0. The minimum absolute atomic E-state index is 0.112. The van der Waals surface area contributed by atoms with Crippen LogP contribution in [0.1, 0.15) is 23.1 Å². The van der Waals surface area contributed by atoms with Crippen molar-refractivity contribution in [3.8, 4) is 0 Å². The Bertz CT molecular complexity index is 291. The molecule has 1 aromatic rings. The first-order chi connectivity index (χ1) is 5.75. The maximum absolute atomic E-state index is 9.45. The summed E-state index contributed by atoms with van der Waals surface area (Å²) < 4.78 is 0. The lowest BCUT2D eigenvalue weighted by molar-refractivity contribution is 0.158. The molecule has 0 bridgehead atoms. The summed E-state index contributed by atoms with van der Waals surface area (Å²) in [6.45, 7) is 2.10. The second-order valence-electron chi connectivity index (χ2n) is 3.67. The van der Waals surface area contributed by atoms with Crippen molar-refractivity contribution < 1.29 is 5.11 Å². The highest BCUT2D eigenvalue weighted by atomic mass is 16.3. The molecular formula is C11H14O. The molecule has 2 rings (SSSR count). The van der Waals surface area contributed by atoms with Gasteiger partial charge in [0.2, 0.25) is 0 Å². The van der Waals surface area contributed by atoms with Gasteiger partial charge in [0.05, 0.1) is 6.10 Å². The molecule has 12 heavy (non-hydrogen) atoms. The highest BCUT2D eigenvalue weighted by Crippen LogP contribution is 2.22. The smallest absolute Gasteiger partial charge is 0.0583 e. The number of rotatable bonds is 0. The largest absolute Gasteiger partial charge is 0.393 e. The Labute approximate surface area is 73.0 Å². The summed E-state index contributed by atoms with van der Waals surface area (Å²) >= 11 is 0. The van der Waals surface area contributed by atoms with Crippen LogP contribution in [0.5, 0.6) is 0 Å². The number of aryl methyl sites for hydroxylation is 2. The quantitative estimate of drug-likeness (QED) is 0.617. The predicted molar refractivity (Wildman–Crippen MR) is 49.2 cm³/mol. The third kappa shape index (κ3) is 1.37. The summed E-state index contributed by atoms with van der Waals surface area (Å²) in [5.41, 5.74) is 4.06. The Kier molecular flexibility index (Phi) is 1.89. The van der Waals surface area contributed by atoms with Gasteiger partial charge in [-0.25, -0.2) is 0 Å². The molecule has 0 spiro atoms. The molecule has 1 aliphatic carbocycles. The van der Waals surface area contributed by atoms with Gasteiger partial charge in [-0.1, -0.05) is 23.8 Å². The summed E-state index contributed by atoms with van der Waals surface area (Å²) in [5, 5.41) is 9.45. The molecule has 0 fully saturated rings. The van der Waals surface area contributed by atoms with Crippen molar-refractivity contribution >= 4 is 0 Å². The first-order valence-corrected chi connectivity index (χ1v) is 4.52. The minimum atomic E-state index is -0.112. The zero-order valence-electron chi connectivity index (χ0n) is 7.38. The molecule has 0 heterocycles. The fourth-order valence-electron chi connectivity index (χ4n) is 1.87. The molecule has 0 unspecified atom stereocenters. The fraction of sp³-hybridized carbons (Fsp3) is 0.455. The van der Waals surface area contributed by atoms with Crippen molar-refractivity contribution in [2.45, 2.75) is 32.3 Å². The molecule has 0 aromatic heterocycles. The third-order valence-corrected chi connectivity index (χ3v) is 2.56. The topological polar surface area (TPSA) is 20.2 Å². The molecule has 1 aliphatic rings. The highest BCUT2D eigenvalue weighted by Gasteiger charge is 2.15. The van der Waals surface area contributed by atoms with E-state index < -0.39 is 0 Å². The molecule has 0 radical (unpaired) electrons. The van der Waals surface area contributed by atoms with Crippen molar-refractivity contribution in [1.29, 1.82) is 0 Å². The fourth-order valence-corrected chi connectivity index (χ4v) is 1.87. The van der Waals surface area contributed by atoms with E-state index in [1.807, 2.05) is 0 Å². The maximum atomic E-state index is 9.45. The van der Waals surface area contributed by atoms with E-state index in [4.69, 9.17) is 0 Å². The molecule has 0 amide bonds. The molecule has 1 atom stereocenters. The Morgan fingerprint density at radius 3 is 3.00 bits per heavy atom. The molecular weight excluding hydrogens is 148 g/mol. The molecule has 1 N–H and O–H groups in total. The van der Waals surface area contributed by atoms with Crippen LogP contribution in [0.25, 0.3) is 0 Å². The van der Waals surface area contributed by atoms with E-state index in [1.165, 1.54) is 16.7 Å². The Hall–Kier alpha value is -0.820. The monoisotopic (exact) mass is 162 g/mol. The average molecular weight is 162 g/mol. The van der Waals surface area contributed by atoms with E-state index in [1.54, 1.807) is 0 Å². The van der Waals surface area contributed by atoms with Gasteiger partial charge in [-0.15, -0.1) is 0 Å². The van der Waals surface area contributed by atoms with Gasteiger partial charge in [0, 0.05) is 0 Å². The Morgan fingerprint density at radius 1 is 1.33 bits per heavy atom. The molecule has 0 aliphatic heterocycles. The van der Waals surface area contributed by atoms with Crippen molar-refractivity contribution in [3.05, 3.63) is 34.9 Å². The van der Waals surface area contributed by atoms with Crippen LogP contribution < -0.4 is 0 Å². The van der Waals surface area contributed by atoms with E-state index in [0.29, 0.717) is 0 Å². The zero-order chi connectivity index (χ0) is 8.55. The van der Waals surface area contributed by atoms with Gasteiger partial charge in [0.25, 0.3) is 0 Å². The molecule has 1 aromatic carbocycles. The number of aliphatic hydroxyl groups is 1.